The Kier molecular flexibility index (Phi) is 2.88. The molecule has 0 bridgehead atoms. The van der Waals surface area contributed by atoms with Crippen LogP contribution in [0, 0.1) is 6.92 Å². The van der Waals surface area contributed by atoms with Crippen molar-refractivity contribution in [2.75, 3.05) is 0 Å². The second-order valence-electron chi connectivity index (χ2n) is 4.01. The second-order valence-corrected chi connectivity index (χ2v) is 4.01. The summed E-state index contributed by atoms with van der Waals surface area (Å²) >= 11 is 0. The highest BCUT2D eigenvalue weighted by molar-refractivity contribution is 5.59. The molecule has 1 heterocycles. The molecule has 1 aromatic heterocycles. The van der Waals surface area contributed by atoms with Crippen LogP contribution in [0.3, 0.4) is 0 Å². The van der Waals surface area contributed by atoms with E-state index in [1.54, 1.807) is 24.5 Å². The van der Waals surface area contributed by atoms with E-state index in [4.69, 9.17) is 0 Å². The van der Waals surface area contributed by atoms with Crippen molar-refractivity contribution in [3.63, 3.8) is 0 Å². The molecular formula is C13H12F2N2. The number of hydrogen-bond donors (Lipinski definition) is 0. The molecule has 2 nitrogen and oxygen atoms in total. The highest BCUT2D eigenvalue weighted by Gasteiger charge is 2.24. The molecule has 2 rings (SSSR count). The molecule has 0 aliphatic rings. The van der Waals surface area contributed by atoms with Gasteiger partial charge in [-0.15, -0.1) is 0 Å². The summed E-state index contributed by atoms with van der Waals surface area (Å²) in [5.74, 6) is -2.84. The van der Waals surface area contributed by atoms with Gasteiger partial charge in [-0.1, -0.05) is 18.2 Å². The molecule has 0 radical (unpaired) electrons. The van der Waals surface area contributed by atoms with Crippen LogP contribution in [0.4, 0.5) is 8.78 Å². The van der Waals surface area contributed by atoms with E-state index in [2.05, 4.69) is 9.97 Å². The summed E-state index contributed by atoms with van der Waals surface area (Å²) in [7, 11) is 0. The lowest BCUT2D eigenvalue weighted by Gasteiger charge is -2.11. The molecule has 0 fully saturated rings. The summed E-state index contributed by atoms with van der Waals surface area (Å²) < 4.78 is 26.4. The Bertz CT molecular complexity index is 516. The molecule has 0 unspecified atom stereocenters. The molecule has 17 heavy (non-hydrogen) atoms. The van der Waals surface area contributed by atoms with E-state index in [-0.39, 0.29) is 5.56 Å². The van der Waals surface area contributed by atoms with Gasteiger partial charge in [-0.2, -0.15) is 0 Å². The van der Waals surface area contributed by atoms with E-state index < -0.39 is 5.92 Å². The van der Waals surface area contributed by atoms with Crippen LogP contribution in [-0.4, -0.2) is 9.97 Å². The topological polar surface area (TPSA) is 25.8 Å². The zero-order chi connectivity index (χ0) is 12.5. The van der Waals surface area contributed by atoms with Crippen molar-refractivity contribution in [1.82, 2.24) is 9.97 Å². The summed E-state index contributed by atoms with van der Waals surface area (Å²) in [4.78, 5) is 8.26. The minimum absolute atomic E-state index is 0.0163. The van der Waals surface area contributed by atoms with Crippen molar-refractivity contribution in [1.29, 1.82) is 0 Å². The smallest absolute Gasteiger partial charge is 0.258 e. The van der Waals surface area contributed by atoms with Gasteiger partial charge in [-0.3, -0.25) is 9.97 Å². The van der Waals surface area contributed by atoms with Crippen LogP contribution in [0.15, 0.2) is 36.7 Å². The number of halogens is 2. The lowest BCUT2D eigenvalue weighted by Crippen LogP contribution is -2.06. The number of nitrogens with zero attached hydrogens (tertiary/aromatic N) is 2. The van der Waals surface area contributed by atoms with Crippen LogP contribution in [0.2, 0.25) is 0 Å². The normalized spacial score (nSPS) is 11.5. The number of rotatable bonds is 2. The maximum atomic E-state index is 13.2. The van der Waals surface area contributed by atoms with Crippen LogP contribution < -0.4 is 0 Å². The van der Waals surface area contributed by atoms with E-state index in [9.17, 15) is 8.78 Å². The van der Waals surface area contributed by atoms with Gasteiger partial charge >= 0.3 is 0 Å². The van der Waals surface area contributed by atoms with Crippen LogP contribution in [0.5, 0.6) is 0 Å². The standard InChI is InChI=1S/C13H12F2N2/c1-9-7-17-12(8-16-9)10-4-3-5-11(6-10)13(2,14)15/h3-8H,1-2H3. The molecule has 4 heteroatoms. The molecule has 0 saturated heterocycles. The minimum atomic E-state index is -2.84. The summed E-state index contributed by atoms with van der Waals surface area (Å²) in [5.41, 5.74) is 2.03. The first-order valence-electron chi connectivity index (χ1n) is 5.24. The van der Waals surface area contributed by atoms with E-state index in [0.717, 1.165) is 12.6 Å². The third-order valence-corrected chi connectivity index (χ3v) is 2.45. The van der Waals surface area contributed by atoms with Crippen LogP contribution in [-0.2, 0) is 5.92 Å². The van der Waals surface area contributed by atoms with Crippen LogP contribution in [0.25, 0.3) is 11.3 Å². The summed E-state index contributed by atoms with van der Waals surface area (Å²) in [6, 6.07) is 6.20. The molecule has 0 N–H and O–H groups in total. The highest BCUT2D eigenvalue weighted by Crippen LogP contribution is 2.29. The van der Waals surface area contributed by atoms with Gasteiger partial charge in [0.2, 0.25) is 0 Å². The van der Waals surface area contributed by atoms with Crippen molar-refractivity contribution in [3.8, 4) is 11.3 Å². The molecule has 1 aromatic carbocycles. The van der Waals surface area contributed by atoms with Gasteiger partial charge in [0.1, 0.15) is 0 Å². The summed E-state index contributed by atoms with van der Waals surface area (Å²) in [5, 5.41) is 0. The minimum Gasteiger partial charge on any atom is -0.258 e. The fourth-order valence-corrected chi connectivity index (χ4v) is 1.49. The monoisotopic (exact) mass is 234 g/mol. The highest BCUT2D eigenvalue weighted by atomic mass is 19.3. The molecule has 0 aliphatic carbocycles. The number of hydrogen-bond acceptors (Lipinski definition) is 2. The molecule has 0 aliphatic heterocycles. The van der Waals surface area contributed by atoms with Crippen molar-refractivity contribution in [2.45, 2.75) is 19.8 Å². The van der Waals surface area contributed by atoms with Crippen molar-refractivity contribution < 1.29 is 8.78 Å². The summed E-state index contributed by atoms with van der Waals surface area (Å²) in [6.45, 7) is 2.71. The van der Waals surface area contributed by atoms with Gasteiger partial charge in [0.25, 0.3) is 5.92 Å². The number of alkyl halides is 2. The van der Waals surface area contributed by atoms with Gasteiger partial charge in [0.05, 0.1) is 17.6 Å². The first kappa shape index (κ1) is 11.6. The first-order chi connectivity index (χ1) is 7.97. The van der Waals surface area contributed by atoms with Crippen molar-refractivity contribution in [2.24, 2.45) is 0 Å². The number of benzene rings is 1. The maximum Gasteiger partial charge on any atom is 0.270 e. The largest absolute Gasteiger partial charge is 0.270 e. The van der Waals surface area contributed by atoms with Gasteiger partial charge in [0, 0.05) is 24.2 Å². The van der Waals surface area contributed by atoms with Crippen LogP contribution in [0.1, 0.15) is 18.2 Å². The molecule has 0 amide bonds. The summed E-state index contributed by atoms with van der Waals surface area (Å²) in [6.07, 6.45) is 3.20. The third-order valence-electron chi connectivity index (χ3n) is 2.45. The Morgan fingerprint density at radius 2 is 1.88 bits per heavy atom. The van der Waals surface area contributed by atoms with Crippen LogP contribution >= 0.6 is 0 Å². The molecule has 0 spiro atoms. The molecule has 88 valence electrons. The van der Waals surface area contributed by atoms with Gasteiger partial charge in [0.15, 0.2) is 0 Å². The van der Waals surface area contributed by atoms with E-state index >= 15 is 0 Å². The van der Waals surface area contributed by atoms with E-state index in [1.807, 2.05) is 6.92 Å². The fourth-order valence-electron chi connectivity index (χ4n) is 1.49. The quantitative estimate of drug-likeness (QED) is 0.793. The zero-order valence-corrected chi connectivity index (χ0v) is 9.61. The SMILES string of the molecule is Cc1cnc(-c2cccc(C(C)(F)F)c2)cn1. The molecule has 2 aromatic rings. The Balaban J connectivity index is 2.43. The lowest BCUT2D eigenvalue weighted by molar-refractivity contribution is 0.0175. The predicted molar refractivity (Wildman–Crippen MR) is 61.8 cm³/mol. The van der Waals surface area contributed by atoms with E-state index in [0.29, 0.717) is 11.3 Å². The predicted octanol–water partition coefficient (Wildman–Crippen LogP) is 3.56. The lowest BCUT2D eigenvalue weighted by atomic mass is 10.0. The van der Waals surface area contributed by atoms with Gasteiger partial charge < -0.3 is 0 Å². The van der Waals surface area contributed by atoms with E-state index in [1.165, 1.54) is 12.1 Å². The Hall–Kier alpha value is -1.84. The van der Waals surface area contributed by atoms with Crippen molar-refractivity contribution in [3.05, 3.63) is 47.9 Å². The average Bonchev–Trinajstić information content (AvgIpc) is 2.29. The van der Waals surface area contributed by atoms with Gasteiger partial charge in [-0.05, 0) is 13.0 Å². The Morgan fingerprint density at radius 1 is 1.12 bits per heavy atom. The zero-order valence-electron chi connectivity index (χ0n) is 9.61. The molecular weight excluding hydrogens is 222 g/mol. The third kappa shape index (κ3) is 2.64. The van der Waals surface area contributed by atoms with Gasteiger partial charge in [-0.25, -0.2) is 8.78 Å². The van der Waals surface area contributed by atoms with Crippen molar-refractivity contribution >= 4 is 0 Å². The maximum absolute atomic E-state index is 13.2. The average molecular weight is 234 g/mol. The number of aryl methyl sites for hydroxylation is 1. The Morgan fingerprint density at radius 3 is 2.47 bits per heavy atom. The Labute approximate surface area is 98.4 Å². The number of aromatic nitrogens is 2. The molecule has 0 saturated carbocycles. The first-order valence-corrected chi connectivity index (χ1v) is 5.24. The second kappa shape index (κ2) is 4.20. The fraction of sp³-hybridized carbons (Fsp3) is 0.231. The molecule has 0 atom stereocenters.